The van der Waals surface area contributed by atoms with Gasteiger partial charge in [0.1, 0.15) is 27.3 Å². The summed E-state index contributed by atoms with van der Waals surface area (Å²) >= 11 is 1.46. The summed E-state index contributed by atoms with van der Waals surface area (Å²) in [5.74, 6) is -1.95. The van der Waals surface area contributed by atoms with Crippen molar-refractivity contribution in [2.24, 2.45) is 0 Å². The topological polar surface area (TPSA) is 56.3 Å². The van der Waals surface area contributed by atoms with Crippen LogP contribution in [0.25, 0.3) is 10.6 Å². The fourth-order valence-electron chi connectivity index (χ4n) is 1.98. The van der Waals surface area contributed by atoms with E-state index in [1.165, 1.54) is 23.5 Å². The molecule has 0 saturated heterocycles. The number of thiazole rings is 1. The number of aryl methyl sites for hydroxylation is 1. The van der Waals surface area contributed by atoms with Gasteiger partial charge in [0, 0.05) is 16.6 Å². The highest BCUT2D eigenvalue weighted by atomic mass is 32.2. The van der Waals surface area contributed by atoms with Crippen LogP contribution < -0.4 is 4.18 Å². The van der Waals surface area contributed by atoms with Gasteiger partial charge >= 0.3 is 10.1 Å². The number of rotatable bonds is 4. The molecule has 3 aromatic rings. The van der Waals surface area contributed by atoms with E-state index in [9.17, 15) is 17.2 Å². The van der Waals surface area contributed by atoms with E-state index < -0.39 is 26.6 Å². The maximum Gasteiger partial charge on any atom is 0.342 e. The fraction of sp³-hybridized carbons (Fsp3) is 0.0625. The first-order valence-electron chi connectivity index (χ1n) is 6.77. The van der Waals surface area contributed by atoms with Crippen molar-refractivity contribution in [3.8, 4) is 16.3 Å². The summed E-state index contributed by atoms with van der Waals surface area (Å²) in [5.41, 5.74) is 1.69. The van der Waals surface area contributed by atoms with Crippen molar-refractivity contribution in [3.63, 3.8) is 0 Å². The first-order valence-corrected chi connectivity index (χ1v) is 9.06. The van der Waals surface area contributed by atoms with Crippen LogP contribution in [0.5, 0.6) is 5.75 Å². The van der Waals surface area contributed by atoms with Crippen LogP contribution in [0.2, 0.25) is 0 Å². The summed E-state index contributed by atoms with van der Waals surface area (Å²) in [7, 11) is -4.47. The van der Waals surface area contributed by atoms with Crippen LogP contribution in [0, 0.1) is 18.6 Å². The minimum atomic E-state index is -4.47. The highest BCUT2D eigenvalue weighted by Gasteiger charge is 2.22. The van der Waals surface area contributed by atoms with E-state index in [1.54, 1.807) is 12.1 Å². The monoisotopic (exact) mass is 367 g/mol. The molecule has 124 valence electrons. The van der Waals surface area contributed by atoms with Gasteiger partial charge in [0.25, 0.3) is 0 Å². The molecule has 0 atom stereocenters. The number of halogens is 2. The minimum Gasteiger partial charge on any atom is -0.379 e. The van der Waals surface area contributed by atoms with E-state index in [1.807, 2.05) is 12.3 Å². The molecular formula is C16H11F2NO3S2. The Kier molecular flexibility index (Phi) is 4.33. The van der Waals surface area contributed by atoms with E-state index in [0.29, 0.717) is 6.07 Å². The van der Waals surface area contributed by atoms with Gasteiger partial charge in [-0.3, -0.25) is 0 Å². The Morgan fingerprint density at radius 1 is 1.08 bits per heavy atom. The van der Waals surface area contributed by atoms with Gasteiger partial charge in [-0.1, -0.05) is 0 Å². The number of hydrogen-bond donors (Lipinski definition) is 0. The molecule has 24 heavy (non-hydrogen) atoms. The lowest BCUT2D eigenvalue weighted by Crippen LogP contribution is -2.12. The predicted molar refractivity (Wildman–Crippen MR) is 86.5 cm³/mol. The summed E-state index contributed by atoms with van der Waals surface area (Å²) in [5, 5.41) is 2.69. The fourth-order valence-corrected chi connectivity index (χ4v) is 3.80. The van der Waals surface area contributed by atoms with Gasteiger partial charge < -0.3 is 4.18 Å². The number of hydrogen-bond acceptors (Lipinski definition) is 5. The Hall–Kier alpha value is -2.32. The molecular weight excluding hydrogens is 356 g/mol. The zero-order valence-corrected chi connectivity index (χ0v) is 14.0. The number of nitrogens with zero attached hydrogens (tertiary/aromatic N) is 1. The van der Waals surface area contributed by atoms with Crippen molar-refractivity contribution in [1.82, 2.24) is 4.98 Å². The van der Waals surface area contributed by atoms with Crippen molar-refractivity contribution in [3.05, 3.63) is 65.2 Å². The molecule has 0 aliphatic heterocycles. The first-order chi connectivity index (χ1) is 11.3. The van der Waals surface area contributed by atoms with Gasteiger partial charge in [0.15, 0.2) is 0 Å². The summed E-state index contributed by atoms with van der Waals surface area (Å²) in [4.78, 5) is 3.48. The number of benzene rings is 2. The highest BCUT2D eigenvalue weighted by Crippen LogP contribution is 2.27. The molecule has 0 aliphatic rings. The van der Waals surface area contributed by atoms with Crippen molar-refractivity contribution < 1.29 is 21.4 Å². The second-order valence-corrected chi connectivity index (χ2v) is 7.30. The van der Waals surface area contributed by atoms with Crippen molar-refractivity contribution in [1.29, 1.82) is 0 Å². The molecule has 8 heteroatoms. The second-order valence-electron chi connectivity index (χ2n) is 4.93. The smallest absolute Gasteiger partial charge is 0.342 e. The molecule has 0 amide bonds. The van der Waals surface area contributed by atoms with Crippen LogP contribution in [-0.4, -0.2) is 13.4 Å². The molecule has 2 aromatic carbocycles. The van der Waals surface area contributed by atoms with Gasteiger partial charge in [-0.2, -0.15) is 8.42 Å². The molecule has 0 fully saturated rings. The van der Waals surface area contributed by atoms with Gasteiger partial charge in [-0.15, -0.1) is 11.3 Å². The summed E-state index contributed by atoms with van der Waals surface area (Å²) in [6, 6.07) is 8.30. The molecule has 1 aromatic heterocycles. The van der Waals surface area contributed by atoms with Crippen molar-refractivity contribution in [2.45, 2.75) is 11.8 Å². The average molecular weight is 367 g/mol. The Balaban J connectivity index is 1.86. The van der Waals surface area contributed by atoms with Crippen LogP contribution in [0.1, 0.15) is 5.69 Å². The molecule has 0 radical (unpaired) electrons. The predicted octanol–water partition coefficient (Wildman–Crippen LogP) is 4.16. The largest absolute Gasteiger partial charge is 0.379 e. The lowest BCUT2D eigenvalue weighted by atomic mass is 10.2. The number of aromatic nitrogens is 1. The van der Waals surface area contributed by atoms with Gasteiger partial charge in [0.2, 0.25) is 0 Å². The Labute approximate surface area is 141 Å². The molecule has 0 spiro atoms. The molecule has 0 N–H and O–H groups in total. The quantitative estimate of drug-likeness (QED) is 0.650. The average Bonchev–Trinajstić information content (AvgIpc) is 2.96. The second kappa shape index (κ2) is 6.29. The Morgan fingerprint density at radius 2 is 1.79 bits per heavy atom. The van der Waals surface area contributed by atoms with Crippen LogP contribution >= 0.6 is 11.3 Å². The maximum atomic E-state index is 13.6. The first kappa shape index (κ1) is 16.5. The SMILES string of the molecule is Cc1csc(-c2ccc(OS(=O)(=O)c3cc(F)ccc3F)cc2)n1. The van der Waals surface area contributed by atoms with E-state index in [4.69, 9.17) is 4.18 Å². The van der Waals surface area contributed by atoms with Gasteiger partial charge in [-0.05, 0) is 49.4 Å². The Bertz CT molecular complexity index is 983. The van der Waals surface area contributed by atoms with Crippen LogP contribution in [-0.2, 0) is 10.1 Å². The summed E-state index contributed by atoms with van der Waals surface area (Å²) in [6.07, 6.45) is 0. The van der Waals surface area contributed by atoms with E-state index >= 15 is 0 Å². The highest BCUT2D eigenvalue weighted by molar-refractivity contribution is 7.87. The third-order valence-corrected chi connectivity index (χ3v) is 5.36. The molecule has 0 aliphatic carbocycles. The third-order valence-electron chi connectivity index (χ3n) is 3.09. The molecule has 1 heterocycles. The summed E-state index contributed by atoms with van der Waals surface area (Å²) in [6.45, 7) is 1.87. The lowest BCUT2D eigenvalue weighted by Gasteiger charge is -2.08. The molecule has 0 saturated carbocycles. The zero-order chi connectivity index (χ0) is 17.3. The van der Waals surface area contributed by atoms with Crippen molar-refractivity contribution in [2.75, 3.05) is 0 Å². The van der Waals surface area contributed by atoms with E-state index in [-0.39, 0.29) is 5.75 Å². The Morgan fingerprint density at radius 3 is 2.42 bits per heavy atom. The van der Waals surface area contributed by atoms with Gasteiger partial charge in [0.05, 0.1) is 0 Å². The van der Waals surface area contributed by atoms with Crippen LogP contribution in [0.3, 0.4) is 0 Å². The maximum absolute atomic E-state index is 13.6. The lowest BCUT2D eigenvalue weighted by molar-refractivity contribution is 0.474. The standard InChI is InChI=1S/C16H11F2NO3S2/c1-10-9-23-16(19-10)11-2-5-13(6-3-11)22-24(20,21)15-8-12(17)4-7-14(15)18/h2-9H,1H3. The minimum absolute atomic E-state index is 0.00399. The normalized spacial score (nSPS) is 11.5. The van der Waals surface area contributed by atoms with E-state index in [0.717, 1.165) is 28.4 Å². The molecule has 0 bridgehead atoms. The zero-order valence-electron chi connectivity index (χ0n) is 12.4. The summed E-state index contributed by atoms with van der Waals surface area (Å²) < 4.78 is 55.8. The van der Waals surface area contributed by atoms with Crippen LogP contribution in [0.4, 0.5) is 8.78 Å². The third kappa shape index (κ3) is 3.44. The molecule has 0 unspecified atom stereocenters. The van der Waals surface area contributed by atoms with E-state index in [2.05, 4.69) is 4.98 Å². The van der Waals surface area contributed by atoms with Crippen molar-refractivity contribution >= 4 is 21.5 Å². The van der Waals surface area contributed by atoms with Crippen LogP contribution in [0.15, 0.2) is 52.7 Å². The molecule has 4 nitrogen and oxygen atoms in total. The molecule has 3 rings (SSSR count). The van der Waals surface area contributed by atoms with Gasteiger partial charge in [-0.25, -0.2) is 13.8 Å².